The highest BCUT2D eigenvalue weighted by molar-refractivity contribution is 5.86. The molecule has 6 N–H and O–H groups in total. The third-order valence-corrected chi connectivity index (χ3v) is 3.29. The van der Waals surface area contributed by atoms with Gasteiger partial charge < -0.3 is 25.3 Å². The van der Waals surface area contributed by atoms with E-state index in [-0.39, 0.29) is 6.61 Å². The molecular formula is C10H15N5O3. The molecule has 2 aliphatic rings. The summed E-state index contributed by atoms with van der Waals surface area (Å²) < 4.78 is 5.52. The van der Waals surface area contributed by atoms with Crippen molar-refractivity contribution in [1.29, 1.82) is 0 Å². The maximum absolute atomic E-state index is 9.72. The fourth-order valence-electron chi connectivity index (χ4n) is 2.24. The average Bonchev–Trinajstić information content (AvgIpc) is 2.94. The Labute approximate surface area is 103 Å². The number of hydrogen-bond acceptors (Lipinski definition) is 7. The first-order chi connectivity index (χ1) is 8.62. The Morgan fingerprint density at radius 1 is 1.61 bits per heavy atom. The third-order valence-electron chi connectivity index (χ3n) is 3.29. The number of aromatic nitrogens is 2. The number of rotatable bonds is 2. The molecule has 98 valence electrons. The van der Waals surface area contributed by atoms with Crippen LogP contribution >= 0.6 is 0 Å². The van der Waals surface area contributed by atoms with Gasteiger partial charge in [-0.2, -0.15) is 0 Å². The summed E-state index contributed by atoms with van der Waals surface area (Å²) in [5, 5.41) is 21.8. The molecule has 8 nitrogen and oxygen atoms in total. The summed E-state index contributed by atoms with van der Waals surface area (Å²) >= 11 is 0. The number of nitrogens with zero attached hydrogens (tertiary/aromatic N) is 2. The number of fused-ring (bicyclic) bond motifs is 1. The summed E-state index contributed by atoms with van der Waals surface area (Å²) in [7, 11) is 0. The Balaban J connectivity index is 1.81. The van der Waals surface area contributed by atoms with Crippen molar-refractivity contribution in [2.24, 2.45) is 10.7 Å². The smallest absolute Gasteiger partial charge is 0.210 e. The first-order valence-electron chi connectivity index (χ1n) is 5.72. The lowest BCUT2D eigenvalue weighted by Crippen LogP contribution is -2.57. The number of aromatic amines is 1. The molecule has 2 aliphatic heterocycles. The summed E-state index contributed by atoms with van der Waals surface area (Å²) in [6, 6.07) is 0. The first-order valence-corrected chi connectivity index (χ1v) is 5.72. The first kappa shape index (κ1) is 11.6. The molecule has 1 saturated heterocycles. The van der Waals surface area contributed by atoms with Crippen molar-refractivity contribution in [2.75, 3.05) is 11.9 Å². The minimum Gasteiger partial charge on any atom is -0.394 e. The number of aliphatic hydroxyl groups is 2. The van der Waals surface area contributed by atoms with Crippen LogP contribution in [0.4, 0.5) is 5.82 Å². The number of H-pyrrole nitrogens is 1. The second-order valence-electron chi connectivity index (χ2n) is 4.52. The number of aliphatic hydroxyl groups excluding tert-OH is 2. The Bertz CT molecular complexity index is 476. The molecule has 0 saturated carbocycles. The fraction of sp³-hybridized carbons (Fsp3) is 0.600. The molecule has 0 bridgehead atoms. The molecule has 3 rings (SSSR count). The number of nitrogens with two attached hydrogens (primary N) is 1. The van der Waals surface area contributed by atoms with Crippen LogP contribution in [-0.2, 0) is 4.74 Å². The van der Waals surface area contributed by atoms with E-state index >= 15 is 0 Å². The van der Waals surface area contributed by atoms with Crippen LogP contribution in [0, 0.1) is 0 Å². The van der Waals surface area contributed by atoms with Gasteiger partial charge in [-0.05, 0) is 0 Å². The van der Waals surface area contributed by atoms with Crippen LogP contribution in [0.15, 0.2) is 11.3 Å². The predicted octanol–water partition coefficient (Wildman–Crippen LogP) is -1.62. The quantitative estimate of drug-likeness (QED) is 0.431. The summed E-state index contributed by atoms with van der Waals surface area (Å²) in [4.78, 5) is 11.2. The van der Waals surface area contributed by atoms with Crippen molar-refractivity contribution in [3.05, 3.63) is 12.0 Å². The third kappa shape index (κ3) is 1.70. The molecule has 1 fully saturated rings. The monoisotopic (exact) mass is 253 g/mol. The van der Waals surface area contributed by atoms with E-state index in [2.05, 4.69) is 20.3 Å². The van der Waals surface area contributed by atoms with Crippen molar-refractivity contribution in [2.45, 2.75) is 30.5 Å². The van der Waals surface area contributed by atoms with Crippen molar-refractivity contribution >= 4 is 12.0 Å². The largest absolute Gasteiger partial charge is 0.394 e. The van der Waals surface area contributed by atoms with Crippen molar-refractivity contribution in [1.82, 2.24) is 9.97 Å². The van der Waals surface area contributed by atoms with Gasteiger partial charge in [0.2, 0.25) is 5.79 Å². The second kappa shape index (κ2) is 4.02. The van der Waals surface area contributed by atoms with Crippen LogP contribution in [0.3, 0.4) is 0 Å². The molecular weight excluding hydrogens is 238 g/mol. The van der Waals surface area contributed by atoms with Crippen molar-refractivity contribution in [3.63, 3.8) is 0 Å². The highest BCUT2D eigenvalue weighted by Crippen LogP contribution is 2.31. The molecule has 1 aromatic rings. The summed E-state index contributed by atoms with van der Waals surface area (Å²) in [6.07, 6.45) is 1.56. The van der Waals surface area contributed by atoms with Gasteiger partial charge in [0.25, 0.3) is 0 Å². The van der Waals surface area contributed by atoms with Crippen molar-refractivity contribution in [3.8, 4) is 0 Å². The van der Waals surface area contributed by atoms with Crippen LogP contribution in [0.2, 0.25) is 0 Å². The van der Waals surface area contributed by atoms with Gasteiger partial charge in [0.1, 0.15) is 17.9 Å². The fourth-order valence-corrected chi connectivity index (χ4v) is 2.24. The maximum Gasteiger partial charge on any atom is 0.210 e. The lowest BCUT2D eigenvalue weighted by molar-refractivity contribution is -0.0387. The van der Waals surface area contributed by atoms with E-state index in [0.29, 0.717) is 12.2 Å². The molecule has 18 heavy (non-hydrogen) atoms. The SMILES string of the molecule is NC1(C2C[C@H](O)[C@@H](CO)O2)N=Cc2[nH]cnc2N1. The van der Waals surface area contributed by atoms with Gasteiger partial charge in [-0.3, -0.25) is 5.73 Å². The van der Waals surface area contributed by atoms with Gasteiger partial charge in [0.05, 0.1) is 25.3 Å². The minimum absolute atomic E-state index is 0.245. The molecule has 8 heteroatoms. The van der Waals surface area contributed by atoms with Crippen LogP contribution in [-0.4, -0.2) is 57.1 Å². The highest BCUT2D eigenvalue weighted by Gasteiger charge is 2.46. The van der Waals surface area contributed by atoms with Gasteiger partial charge in [0.15, 0.2) is 5.82 Å². The molecule has 0 radical (unpaired) electrons. The van der Waals surface area contributed by atoms with E-state index < -0.39 is 24.1 Å². The van der Waals surface area contributed by atoms with Gasteiger partial charge in [-0.1, -0.05) is 0 Å². The van der Waals surface area contributed by atoms with Gasteiger partial charge in [-0.15, -0.1) is 0 Å². The average molecular weight is 253 g/mol. The zero-order chi connectivity index (χ0) is 12.8. The lowest BCUT2D eigenvalue weighted by atomic mass is 10.1. The standard InChI is InChI=1S/C10H15N5O3/c11-10(8-1-6(17)7(3-16)18-8)14-2-5-9(15-10)13-4-12-5/h2,4,6-8,15-17H,1,3,11H2,(H,12,13)/t6-,7+,8?,10?/m0/s1. The van der Waals surface area contributed by atoms with Crippen LogP contribution in [0.1, 0.15) is 12.1 Å². The Kier molecular flexibility index (Phi) is 2.59. The van der Waals surface area contributed by atoms with Crippen LogP contribution in [0.25, 0.3) is 0 Å². The normalized spacial score (nSPS) is 38.5. The van der Waals surface area contributed by atoms with E-state index in [1.807, 2.05) is 0 Å². The van der Waals surface area contributed by atoms with E-state index in [0.717, 1.165) is 5.69 Å². The Morgan fingerprint density at radius 3 is 3.17 bits per heavy atom. The van der Waals surface area contributed by atoms with Crippen LogP contribution in [0.5, 0.6) is 0 Å². The summed E-state index contributed by atoms with van der Waals surface area (Å²) in [6.45, 7) is -0.245. The van der Waals surface area contributed by atoms with Crippen LogP contribution < -0.4 is 11.1 Å². The summed E-state index contributed by atoms with van der Waals surface area (Å²) in [5.41, 5.74) is 6.88. The molecule has 3 heterocycles. The van der Waals surface area contributed by atoms with E-state index in [1.165, 1.54) is 6.33 Å². The number of ether oxygens (including phenoxy) is 1. The number of imidazole rings is 1. The van der Waals surface area contributed by atoms with Gasteiger partial charge >= 0.3 is 0 Å². The van der Waals surface area contributed by atoms with Crippen molar-refractivity contribution < 1.29 is 14.9 Å². The van der Waals surface area contributed by atoms with Gasteiger partial charge in [-0.25, -0.2) is 9.98 Å². The molecule has 0 amide bonds. The molecule has 1 aromatic heterocycles. The predicted molar refractivity (Wildman–Crippen MR) is 63.1 cm³/mol. The number of hydrogen-bond donors (Lipinski definition) is 5. The number of anilines is 1. The zero-order valence-corrected chi connectivity index (χ0v) is 9.58. The second-order valence-corrected chi connectivity index (χ2v) is 4.52. The summed E-state index contributed by atoms with van der Waals surface area (Å²) in [5.74, 6) is -0.578. The Hall–Kier alpha value is -1.48. The minimum atomic E-state index is -1.17. The molecule has 0 aliphatic carbocycles. The number of aliphatic imine (C=N–C) groups is 1. The molecule has 2 unspecified atom stereocenters. The number of nitrogens with one attached hydrogen (secondary N) is 2. The van der Waals surface area contributed by atoms with Gasteiger partial charge in [0, 0.05) is 6.42 Å². The molecule has 0 aromatic carbocycles. The van der Waals surface area contributed by atoms with E-state index in [4.69, 9.17) is 15.6 Å². The van der Waals surface area contributed by atoms with E-state index in [9.17, 15) is 5.11 Å². The zero-order valence-electron chi connectivity index (χ0n) is 9.58. The molecule has 0 spiro atoms. The molecule has 4 atom stereocenters. The highest BCUT2D eigenvalue weighted by atomic mass is 16.5. The maximum atomic E-state index is 9.72. The van der Waals surface area contributed by atoms with E-state index in [1.54, 1.807) is 6.21 Å². The lowest BCUT2D eigenvalue weighted by Gasteiger charge is -2.33. The topological polar surface area (TPSA) is 129 Å². The Morgan fingerprint density at radius 2 is 2.44 bits per heavy atom.